The van der Waals surface area contributed by atoms with Crippen LogP contribution >= 0.6 is 24.0 Å². The van der Waals surface area contributed by atoms with Crippen LogP contribution in [0.1, 0.15) is 24.8 Å². The molecule has 8 nitrogen and oxygen atoms in total. The van der Waals surface area contributed by atoms with Crippen molar-refractivity contribution in [3.8, 4) is 17.2 Å². The Morgan fingerprint density at radius 3 is 2.32 bits per heavy atom. The number of nitrogens with zero attached hydrogens (tertiary/aromatic N) is 2. The molecular formula is C22H38IN3O5. The Morgan fingerprint density at radius 1 is 1.03 bits per heavy atom. The molecule has 1 aromatic carbocycles. The molecule has 0 atom stereocenters. The molecule has 31 heavy (non-hydrogen) atoms. The van der Waals surface area contributed by atoms with Gasteiger partial charge in [-0.05, 0) is 31.7 Å². The van der Waals surface area contributed by atoms with Crippen LogP contribution in [0.2, 0.25) is 0 Å². The van der Waals surface area contributed by atoms with E-state index in [-0.39, 0.29) is 24.0 Å². The predicted molar refractivity (Wildman–Crippen MR) is 134 cm³/mol. The Kier molecular flexibility index (Phi) is 13.7. The van der Waals surface area contributed by atoms with Crippen LogP contribution in [0.15, 0.2) is 17.1 Å². The maximum atomic E-state index is 5.95. The highest BCUT2D eigenvalue weighted by Gasteiger charge is 2.22. The zero-order valence-corrected chi connectivity index (χ0v) is 21.8. The average Bonchev–Trinajstić information content (AvgIpc) is 2.79. The Labute approximate surface area is 203 Å². The van der Waals surface area contributed by atoms with Crippen LogP contribution in [0.5, 0.6) is 17.2 Å². The second-order valence-corrected chi connectivity index (χ2v) is 7.12. The number of piperidine rings is 1. The molecule has 0 aliphatic carbocycles. The highest BCUT2D eigenvalue weighted by molar-refractivity contribution is 14.0. The first kappa shape index (κ1) is 27.6. The maximum Gasteiger partial charge on any atom is 0.203 e. The molecule has 1 aliphatic rings. The molecule has 0 amide bonds. The largest absolute Gasteiger partial charge is 0.493 e. The van der Waals surface area contributed by atoms with E-state index in [1.54, 1.807) is 28.4 Å². The van der Waals surface area contributed by atoms with E-state index >= 15 is 0 Å². The highest BCUT2D eigenvalue weighted by Crippen LogP contribution is 2.39. The van der Waals surface area contributed by atoms with Crippen molar-refractivity contribution in [3.05, 3.63) is 17.7 Å². The molecule has 0 saturated carbocycles. The number of benzene rings is 1. The Balaban J connectivity index is 0.00000480. The standard InChI is InChI=1S/C22H37N3O5.HI/c1-23-22(25-13-10-18(11-14-25)30-16-6-15-26-2)24-12-9-17-7-8-19(27-3)21(29-5)20(17)28-4;/h7-8,18H,6,9-16H2,1-5H3,(H,23,24);1H. The molecule has 1 N–H and O–H groups in total. The van der Waals surface area contributed by atoms with Crippen molar-refractivity contribution in [2.24, 2.45) is 4.99 Å². The molecule has 0 unspecified atom stereocenters. The van der Waals surface area contributed by atoms with E-state index in [4.69, 9.17) is 23.7 Å². The first-order valence-electron chi connectivity index (χ1n) is 10.5. The zero-order chi connectivity index (χ0) is 21.8. The van der Waals surface area contributed by atoms with Gasteiger partial charge in [0.25, 0.3) is 0 Å². The summed E-state index contributed by atoms with van der Waals surface area (Å²) < 4.78 is 27.4. The Morgan fingerprint density at radius 2 is 1.74 bits per heavy atom. The SMILES string of the molecule is CN=C(NCCc1ccc(OC)c(OC)c1OC)N1CCC(OCCCOC)CC1.I. The molecule has 1 saturated heterocycles. The van der Waals surface area contributed by atoms with Crippen molar-refractivity contribution >= 4 is 29.9 Å². The summed E-state index contributed by atoms with van der Waals surface area (Å²) in [6.45, 7) is 4.13. The monoisotopic (exact) mass is 551 g/mol. The average molecular weight is 551 g/mol. The summed E-state index contributed by atoms with van der Waals surface area (Å²) in [4.78, 5) is 6.75. The van der Waals surface area contributed by atoms with E-state index in [1.807, 2.05) is 19.2 Å². The summed E-state index contributed by atoms with van der Waals surface area (Å²) in [5.41, 5.74) is 1.06. The molecule has 2 rings (SSSR count). The third-order valence-corrected chi connectivity index (χ3v) is 5.26. The second-order valence-electron chi connectivity index (χ2n) is 7.12. The highest BCUT2D eigenvalue weighted by atomic mass is 127. The summed E-state index contributed by atoms with van der Waals surface area (Å²) in [5, 5.41) is 3.47. The molecule has 1 fully saturated rings. The van der Waals surface area contributed by atoms with Crippen LogP contribution in [-0.4, -0.2) is 85.3 Å². The van der Waals surface area contributed by atoms with Gasteiger partial charge in [-0.15, -0.1) is 24.0 Å². The Bertz CT molecular complexity index is 667. The molecule has 178 valence electrons. The number of rotatable bonds is 11. The van der Waals surface area contributed by atoms with Crippen LogP contribution in [-0.2, 0) is 15.9 Å². The summed E-state index contributed by atoms with van der Waals surface area (Å²) in [6, 6.07) is 3.92. The van der Waals surface area contributed by atoms with Gasteiger partial charge >= 0.3 is 0 Å². The van der Waals surface area contributed by atoms with E-state index in [2.05, 4.69) is 15.2 Å². The first-order chi connectivity index (χ1) is 14.7. The normalized spacial score (nSPS) is 14.7. The van der Waals surface area contributed by atoms with Gasteiger partial charge in [-0.2, -0.15) is 0 Å². The third-order valence-electron chi connectivity index (χ3n) is 5.26. The molecule has 0 spiro atoms. The lowest BCUT2D eigenvalue weighted by Crippen LogP contribution is -2.47. The van der Waals surface area contributed by atoms with Crippen LogP contribution < -0.4 is 19.5 Å². The molecule has 0 bridgehead atoms. The lowest BCUT2D eigenvalue weighted by Gasteiger charge is -2.34. The molecule has 1 heterocycles. The number of hydrogen-bond donors (Lipinski definition) is 1. The maximum absolute atomic E-state index is 5.95. The van der Waals surface area contributed by atoms with E-state index in [0.717, 1.165) is 70.1 Å². The van der Waals surface area contributed by atoms with Gasteiger partial charge < -0.3 is 33.9 Å². The number of halogens is 1. The van der Waals surface area contributed by atoms with Gasteiger partial charge in [0.15, 0.2) is 17.5 Å². The van der Waals surface area contributed by atoms with Gasteiger partial charge in [0.1, 0.15) is 0 Å². The van der Waals surface area contributed by atoms with E-state index < -0.39 is 0 Å². The van der Waals surface area contributed by atoms with Gasteiger partial charge in [0.2, 0.25) is 5.75 Å². The molecule has 0 radical (unpaired) electrons. The van der Waals surface area contributed by atoms with Crippen molar-refractivity contribution in [3.63, 3.8) is 0 Å². The fourth-order valence-corrected chi connectivity index (χ4v) is 3.69. The summed E-state index contributed by atoms with van der Waals surface area (Å²) >= 11 is 0. The minimum atomic E-state index is 0. The van der Waals surface area contributed by atoms with E-state index in [0.29, 0.717) is 23.4 Å². The lowest BCUT2D eigenvalue weighted by molar-refractivity contribution is 0.00991. The fraction of sp³-hybridized carbons (Fsp3) is 0.682. The van der Waals surface area contributed by atoms with Crippen molar-refractivity contribution in [2.45, 2.75) is 31.8 Å². The number of nitrogens with one attached hydrogen (secondary N) is 1. The van der Waals surface area contributed by atoms with Gasteiger partial charge in [-0.25, -0.2) is 0 Å². The summed E-state index contributed by atoms with van der Waals surface area (Å²) in [6.07, 6.45) is 4.07. The van der Waals surface area contributed by atoms with Gasteiger partial charge in [-0.3, -0.25) is 4.99 Å². The number of methoxy groups -OCH3 is 4. The van der Waals surface area contributed by atoms with Gasteiger partial charge in [0, 0.05) is 52.6 Å². The summed E-state index contributed by atoms with van der Waals surface area (Å²) in [5.74, 6) is 2.91. The van der Waals surface area contributed by atoms with Crippen LogP contribution in [0, 0.1) is 0 Å². The minimum Gasteiger partial charge on any atom is -0.493 e. The number of aliphatic imine (C=N–C) groups is 1. The molecule has 0 aromatic heterocycles. The van der Waals surface area contributed by atoms with E-state index in [9.17, 15) is 0 Å². The number of ether oxygens (including phenoxy) is 5. The van der Waals surface area contributed by atoms with Gasteiger partial charge in [-0.1, -0.05) is 6.07 Å². The molecular weight excluding hydrogens is 513 g/mol. The zero-order valence-electron chi connectivity index (χ0n) is 19.4. The second kappa shape index (κ2) is 15.4. The predicted octanol–water partition coefficient (Wildman–Crippen LogP) is 2.97. The minimum absolute atomic E-state index is 0. The number of hydrogen-bond acceptors (Lipinski definition) is 6. The van der Waals surface area contributed by atoms with Gasteiger partial charge in [0.05, 0.1) is 27.4 Å². The van der Waals surface area contributed by atoms with Crippen LogP contribution in [0.3, 0.4) is 0 Å². The molecule has 9 heteroatoms. The number of guanidine groups is 1. The Hall–Kier alpha value is -1.46. The van der Waals surface area contributed by atoms with Crippen LogP contribution in [0.25, 0.3) is 0 Å². The van der Waals surface area contributed by atoms with Crippen molar-refractivity contribution in [1.82, 2.24) is 10.2 Å². The van der Waals surface area contributed by atoms with Crippen molar-refractivity contribution in [1.29, 1.82) is 0 Å². The lowest BCUT2D eigenvalue weighted by atomic mass is 10.1. The first-order valence-corrected chi connectivity index (χ1v) is 10.5. The van der Waals surface area contributed by atoms with Crippen LogP contribution in [0.4, 0.5) is 0 Å². The third kappa shape index (κ3) is 8.19. The smallest absolute Gasteiger partial charge is 0.203 e. The number of likely N-dealkylation sites (tertiary alicyclic amines) is 1. The summed E-state index contributed by atoms with van der Waals surface area (Å²) in [7, 11) is 8.44. The van der Waals surface area contributed by atoms with E-state index in [1.165, 1.54) is 0 Å². The fourth-order valence-electron chi connectivity index (χ4n) is 3.69. The molecule has 1 aromatic rings. The quantitative estimate of drug-likeness (QED) is 0.196. The topological polar surface area (TPSA) is 73.8 Å². The molecule has 1 aliphatic heterocycles. The van der Waals surface area contributed by atoms with Crippen molar-refractivity contribution < 1.29 is 23.7 Å². The van der Waals surface area contributed by atoms with Crippen molar-refractivity contribution in [2.75, 3.05) is 68.3 Å².